The first kappa shape index (κ1) is 14.8. The van der Waals surface area contributed by atoms with Crippen molar-refractivity contribution in [3.63, 3.8) is 0 Å². The van der Waals surface area contributed by atoms with Gasteiger partial charge in [0, 0.05) is 6.07 Å². The lowest BCUT2D eigenvalue weighted by Gasteiger charge is -2.15. The minimum atomic E-state index is -0.522. The van der Waals surface area contributed by atoms with Gasteiger partial charge in [0.15, 0.2) is 0 Å². The number of aliphatic hydroxyl groups excluding tert-OH is 1. The van der Waals surface area contributed by atoms with Crippen LogP contribution in [0, 0.1) is 12.8 Å². The van der Waals surface area contributed by atoms with Gasteiger partial charge in [0.1, 0.15) is 5.82 Å². The molecule has 1 aromatic heterocycles. The van der Waals surface area contributed by atoms with Gasteiger partial charge in [0.05, 0.1) is 24.3 Å². The topological polar surface area (TPSA) is 67.2 Å². The molecule has 1 saturated carbocycles. The number of hydrogen-bond donors (Lipinski definition) is 2. The Hall–Kier alpha value is -2.14. The van der Waals surface area contributed by atoms with E-state index in [9.17, 15) is 9.90 Å². The van der Waals surface area contributed by atoms with E-state index in [1.807, 2.05) is 43.3 Å². The second-order valence-corrected chi connectivity index (χ2v) is 5.91. The number of carbonyl (C=O) groups excluding carboxylic acids is 1. The molecule has 2 atom stereocenters. The van der Waals surface area contributed by atoms with Crippen LogP contribution in [0.1, 0.15) is 30.5 Å². The fourth-order valence-electron chi connectivity index (χ4n) is 2.99. The zero-order valence-electron chi connectivity index (χ0n) is 12.7. The second kappa shape index (κ2) is 6.32. The molecule has 0 radical (unpaired) electrons. The smallest absolute Gasteiger partial charge is 0.231 e. The van der Waals surface area contributed by atoms with E-state index in [0.717, 1.165) is 24.1 Å². The molecule has 1 heterocycles. The number of hydrogen-bond acceptors (Lipinski definition) is 3. The van der Waals surface area contributed by atoms with Crippen LogP contribution in [0.25, 0.3) is 0 Å². The molecule has 0 aliphatic heterocycles. The molecular weight excluding hydrogens is 278 g/mol. The summed E-state index contributed by atoms with van der Waals surface area (Å²) in [6.07, 6.45) is 1.84. The number of rotatable bonds is 4. The Bertz CT molecular complexity index is 651. The van der Waals surface area contributed by atoms with Gasteiger partial charge < -0.3 is 10.4 Å². The predicted octanol–water partition coefficient (Wildman–Crippen LogP) is 2.34. The van der Waals surface area contributed by atoms with Crippen molar-refractivity contribution in [3.8, 4) is 0 Å². The van der Waals surface area contributed by atoms with Crippen molar-refractivity contribution in [1.29, 1.82) is 0 Å². The Morgan fingerprint density at radius 2 is 2.14 bits per heavy atom. The average Bonchev–Trinajstić information content (AvgIpc) is 3.06. The van der Waals surface area contributed by atoms with Crippen LogP contribution in [0.15, 0.2) is 36.4 Å². The summed E-state index contributed by atoms with van der Waals surface area (Å²) in [5.74, 6) is 0.269. The summed E-state index contributed by atoms with van der Waals surface area (Å²) in [5.41, 5.74) is 1.99. The summed E-state index contributed by atoms with van der Waals surface area (Å²) in [6, 6.07) is 11.9. The van der Waals surface area contributed by atoms with E-state index in [0.29, 0.717) is 18.8 Å². The van der Waals surface area contributed by atoms with Crippen molar-refractivity contribution in [2.45, 2.75) is 38.8 Å². The molecule has 0 spiro atoms. The highest BCUT2D eigenvalue weighted by atomic mass is 16.3. The second-order valence-electron chi connectivity index (χ2n) is 5.91. The van der Waals surface area contributed by atoms with Crippen molar-refractivity contribution in [3.05, 3.63) is 47.7 Å². The molecule has 3 rings (SSSR count). The van der Waals surface area contributed by atoms with Crippen molar-refractivity contribution < 1.29 is 9.90 Å². The third-order valence-corrected chi connectivity index (χ3v) is 4.14. The first-order valence-electron chi connectivity index (χ1n) is 7.71. The van der Waals surface area contributed by atoms with Crippen molar-refractivity contribution in [1.82, 2.24) is 9.78 Å². The van der Waals surface area contributed by atoms with E-state index in [1.54, 1.807) is 4.68 Å². The molecule has 5 nitrogen and oxygen atoms in total. The van der Waals surface area contributed by atoms with Gasteiger partial charge in [-0.05, 0) is 31.7 Å². The monoisotopic (exact) mass is 299 g/mol. The Morgan fingerprint density at radius 1 is 1.36 bits per heavy atom. The molecule has 2 unspecified atom stereocenters. The quantitative estimate of drug-likeness (QED) is 0.910. The maximum atomic E-state index is 12.3. The highest BCUT2D eigenvalue weighted by molar-refractivity contribution is 5.92. The molecule has 5 heteroatoms. The molecule has 1 amide bonds. The maximum Gasteiger partial charge on any atom is 0.231 e. The lowest BCUT2D eigenvalue weighted by Crippen LogP contribution is -2.29. The standard InChI is InChI=1S/C17H21N3O2/c1-12-10-16(18-17(22)14-8-5-9-15(14)21)20(19-12)11-13-6-3-2-4-7-13/h2-4,6-7,10,14-15,21H,5,8-9,11H2,1H3,(H,18,22). The fraction of sp³-hybridized carbons (Fsp3) is 0.412. The molecule has 1 aromatic carbocycles. The van der Waals surface area contributed by atoms with Crippen LogP contribution in [0.5, 0.6) is 0 Å². The van der Waals surface area contributed by atoms with Gasteiger partial charge in [-0.2, -0.15) is 5.10 Å². The first-order chi connectivity index (χ1) is 10.6. The molecule has 1 fully saturated rings. The summed E-state index contributed by atoms with van der Waals surface area (Å²) in [4.78, 5) is 12.3. The molecule has 2 aromatic rings. The Balaban J connectivity index is 1.75. The molecular formula is C17H21N3O2. The number of nitrogens with one attached hydrogen (secondary N) is 1. The van der Waals surface area contributed by atoms with Gasteiger partial charge in [0.25, 0.3) is 0 Å². The lowest BCUT2D eigenvalue weighted by molar-refractivity contribution is -0.122. The van der Waals surface area contributed by atoms with Crippen LogP contribution in [0.2, 0.25) is 0 Å². The van der Waals surface area contributed by atoms with E-state index in [-0.39, 0.29) is 11.8 Å². The molecule has 2 N–H and O–H groups in total. The van der Waals surface area contributed by atoms with E-state index < -0.39 is 6.10 Å². The van der Waals surface area contributed by atoms with Crippen LogP contribution < -0.4 is 5.32 Å². The largest absolute Gasteiger partial charge is 0.392 e. The minimum absolute atomic E-state index is 0.112. The van der Waals surface area contributed by atoms with Gasteiger partial charge >= 0.3 is 0 Å². The normalized spacial score (nSPS) is 21.0. The molecule has 116 valence electrons. The zero-order valence-corrected chi connectivity index (χ0v) is 12.7. The van der Waals surface area contributed by atoms with Crippen LogP contribution in [-0.4, -0.2) is 26.9 Å². The number of aromatic nitrogens is 2. The minimum Gasteiger partial charge on any atom is -0.392 e. The number of aryl methyl sites for hydroxylation is 1. The van der Waals surface area contributed by atoms with Gasteiger partial charge in [0.2, 0.25) is 5.91 Å². The molecule has 22 heavy (non-hydrogen) atoms. The van der Waals surface area contributed by atoms with E-state index in [2.05, 4.69) is 10.4 Å². The Labute approximate surface area is 130 Å². The summed E-state index contributed by atoms with van der Waals surface area (Å²) in [7, 11) is 0. The fourth-order valence-corrected chi connectivity index (χ4v) is 2.99. The SMILES string of the molecule is Cc1cc(NC(=O)C2CCCC2O)n(Cc2ccccc2)n1. The average molecular weight is 299 g/mol. The third kappa shape index (κ3) is 3.20. The number of nitrogens with zero attached hydrogens (tertiary/aromatic N) is 2. The Kier molecular flexibility index (Phi) is 4.24. The summed E-state index contributed by atoms with van der Waals surface area (Å²) in [6.45, 7) is 2.51. The number of aliphatic hydroxyl groups is 1. The Morgan fingerprint density at radius 3 is 2.82 bits per heavy atom. The number of carbonyl (C=O) groups is 1. The molecule has 0 bridgehead atoms. The van der Waals surface area contributed by atoms with Gasteiger partial charge in [-0.3, -0.25) is 4.79 Å². The number of amides is 1. The van der Waals surface area contributed by atoms with E-state index >= 15 is 0 Å². The van der Waals surface area contributed by atoms with Gasteiger partial charge in [-0.1, -0.05) is 30.3 Å². The molecule has 1 aliphatic carbocycles. The summed E-state index contributed by atoms with van der Waals surface area (Å²) in [5, 5.41) is 17.2. The van der Waals surface area contributed by atoms with E-state index in [1.165, 1.54) is 0 Å². The highest BCUT2D eigenvalue weighted by Gasteiger charge is 2.31. The number of anilines is 1. The molecule has 1 aliphatic rings. The highest BCUT2D eigenvalue weighted by Crippen LogP contribution is 2.27. The van der Waals surface area contributed by atoms with Crippen LogP contribution in [0.3, 0.4) is 0 Å². The summed E-state index contributed by atoms with van der Waals surface area (Å²) < 4.78 is 1.80. The van der Waals surface area contributed by atoms with Crippen LogP contribution in [-0.2, 0) is 11.3 Å². The van der Waals surface area contributed by atoms with Crippen molar-refractivity contribution in [2.75, 3.05) is 5.32 Å². The molecule has 0 saturated heterocycles. The summed E-state index contributed by atoms with van der Waals surface area (Å²) >= 11 is 0. The van der Waals surface area contributed by atoms with Gasteiger partial charge in [-0.15, -0.1) is 0 Å². The third-order valence-electron chi connectivity index (χ3n) is 4.14. The van der Waals surface area contributed by atoms with Crippen molar-refractivity contribution in [2.24, 2.45) is 5.92 Å². The van der Waals surface area contributed by atoms with Crippen LogP contribution in [0.4, 0.5) is 5.82 Å². The van der Waals surface area contributed by atoms with Crippen LogP contribution >= 0.6 is 0 Å². The van der Waals surface area contributed by atoms with Gasteiger partial charge in [-0.25, -0.2) is 4.68 Å². The first-order valence-corrected chi connectivity index (χ1v) is 7.71. The van der Waals surface area contributed by atoms with Crippen molar-refractivity contribution >= 4 is 11.7 Å². The predicted molar refractivity (Wildman–Crippen MR) is 84.5 cm³/mol. The number of benzene rings is 1. The zero-order chi connectivity index (χ0) is 15.5. The maximum absolute atomic E-state index is 12.3. The van der Waals surface area contributed by atoms with E-state index in [4.69, 9.17) is 0 Å². The lowest BCUT2D eigenvalue weighted by atomic mass is 10.1.